The monoisotopic (exact) mass is 129 g/mol. The van der Waals surface area contributed by atoms with Crippen molar-refractivity contribution in [1.82, 2.24) is 0 Å². The molecule has 0 fully saturated rings. The average molecular weight is 129 g/mol. The minimum Gasteiger partial charge on any atom is -0.328 e. The van der Waals surface area contributed by atoms with Crippen molar-refractivity contribution in [3.8, 4) is 0 Å². The van der Waals surface area contributed by atoms with Crippen molar-refractivity contribution in [3.63, 3.8) is 0 Å². The maximum Gasteiger partial charge on any atom is 0.00361 e. The van der Waals surface area contributed by atoms with Crippen LogP contribution in [0, 0.1) is 5.92 Å². The number of hydrogen-bond donors (Lipinski definition) is 1. The van der Waals surface area contributed by atoms with Crippen LogP contribution < -0.4 is 5.73 Å². The quantitative estimate of drug-likeness (QED) is 0.618. The smallest absolute Gasteiger partial charge is 0.00361 e. The molecule has 1 nitrogen and oxygen atoms in total. The molecule has 0 heterocycles. The lowest BCUT2D eigenvalue weighted by atomic mass is 9.98. The first kappa shape index (κ1) is 8.96. The molecule has 1 heteroatoms. The molecule has 0 aromatic heterocycles. The van der Waals surface area contributed by atoms with E-state index < -0.39 is 0 Å². The van der Waals surface area contributed by atoms with Gasteiger partial charge in [-0.1, -0.05) is 26.7 Å². The summed E-state index contributed by atoms with van der Waals surface area (Å²) in [6.45, 7) is 6.52. The zero-order chi connectivity index (χ0) is 7.28. The van der Waals surface area contributed by atoms with Gasteiger partial charge in [0.2, 0.25) is 0 Å². The highest BCUT2D eigenvalue weighted by molar-refractivity contribution is 4.62. The lowest BCUT2D eigenvalue weighted by molar-refractivity contribution is 0.435. The zero-order valence-corrected chi connectivity index (χ0v) is 6.85. The van der Waals surface area contributed by atoms with Gasteiger partial charge in [-0.25, -0.2) is 0 Å². The molecule has 0 aromatic rings. The van der Waals surface area contributed by atoms with Crippen LogP contribution in [0.4, 0.5) is 0 Å². The molecule has 2 N–H and O–H groups in total. The van der Waals surface area contributed by atoms with Crippen LogP contribution >= 0.6 is 0 Å². The molecule has 0 spiro atoms. The first-order valence-corrected chi connectivity index (χ1v) is 3.94. The van der Waals surface area contributed by atoms with Crippen LogP contribution in [0.5, 0.6) is 0 Å². The highest BCUT2D eigenvalue weighted by Gasteiger charge is 2.04. The van der Waals surface area contributed by atoms with Crippen molar-refractivity contribution in [1.29, 1.82) is 0 Å². The van der Waals surface area contributed by atoms with Crippen LogP contribution in [0.25, 0.3) is 0 Å². The lowest BCUT2D eigenvalue weighted by Crippen LogP contribution is -2.23. The molecule has 9 heavy (non-hydrogen) atoms. The summed E-state index contributed by atoms with van der Waals surface area (Å²) < 4.78 is 0. The summed E-state index contributed by atoms with van der Waals surface area (Å²) in [5.41, 5.74) is 5.68. The Balaban J connectivity index is 3.16. The van der Waals surface area contributed by atoms with Crippen molar-refractivity contribution in [3.05, 3.63) is 0 Å². The SMILES string of the molecule is CCCC[C@@H](C)[C@@H](C)N. The molecule has 0 rings (SSSR count). The fraction of sp³-hybridized carbons (Fsp3) is 1.00. The van der Waals surface area contributed by atoms with Crippen molar-refractivity contribution >= 4 is 0 Å². The van der Waals surface area contributed by atoms with Crippen molar-refractivity contribution < 1.29 is 0 Å². The second-order valence-corrected chi connectivity index (χ2v) is 2.98. The van der Waals surface area contributed by atoms with E-state index in [1.165, 1.54) is 19.3 Å². The Bertz CT molecular complexity index is 59.6. The molecular formula is C8H19N. The second kappa shape index (κ2) is 4.80. The topological polar surface area (TPSA) is 26.0 Å². The molecule has 0 unspecified atom stereocenters. The summed E-state index contributed by atoms with van der Waals surface area (Å²) in [7, 11) is 0. The van der Waals surface area contributed by atoms with Gasteiger partial charge in [0.15, 0.2) is 0 Å². The van der Waals surface area contributed by atoms with Crippen molar-refractivity contribution in [2.45, 2.75) is 46.1 Å². The minimum atomic E-state index is 0.372. The highest BCUT2D eigenvalue weighted by Crippen LogP contribution is 2.09. The standard InChI is InChI=1S/C8H19N/c1-4-5-6-7(2)8(3)9/h7-8H,4-6,9H2,1-3H3/t7-,8-/m1/s1. The summed E-state index contributed by atoms with van der Waals surface area (Å²) in [6, 6.07) is 0.372. The van der Waals surface area contributed by atoms with E-state index in [1.807, 2.05) is 0 Å². The summed E-state index contributed by atoms with van der Waals surface area (Å²) in [4.78, 5) is 0. The molecule has 0 saturated carbocycles. The Hall–Kier alpha value is -0.0400. The van der Waals surface area contributed by atoms with Crippen LogP contribution in [-0.2, 0) is 0 Å². The van der Waals surface area contributed by atoms with Gasteiger partial charge in [0.05, 0.1) is 0 Å². The summed E-state index contributed by atoms with van der Waals surface area (Å²) in [5.74, 6) is 0.699. The molecule has 0 saturated heterocycles. The van der Waals surface area contributed by atoms with Gasteiger partial charge in [-0.3, -0.25) is 0 Å². The van der Waals surface area contributed by atoms with Crippen molar-refractivity contribution in [2.24, 2.45) is 11.7 Å². The second-order valence-electron chi connectivity index (χ2n) is 2.98. The minimum absolute atomic E-state index is 0.372. The molecule has 0 amide bonds. The Morgan fingerprint density at radius 3 is 2.22 bits per heavy atom. The van der Waals surface area contributed by atoms with E-state index in [-0.39, 0.29) is 0 Å². The fourth-order valence-corrected chi connectivity index (χ4v) is 0.789. The van der Waals surface area contributed by atoms with Crippen LogP contribution in [0.1, 0.15) is 40.0 Å². The predicted molar refractivity (Wildman–Crippen MR) is 42.3 cm³/mol. The van der Waals surface area contributed by atoms with Gasteiger partial charge in [-0.15, -0.1) is 0 Å². The lowest BCUT2D eigenvalue weighted by Gasteiger charge is -2.13. The molecule has 0 aliphatic carbocycles. The van der Waals surface area contributed by atoms with E-state index >= 15 is 0 Å². The number of hydrogen-bond acceptors (Lipinski definition) is 1. The fourth-order valence-electron chi connectivity index (χ4n) is 0.789. The van der Waals surface area contributed by atoms with E-state index in [0.717, 1.165) is 0 Å². The zero-order valence-electron chi connectivity index (χ0n) is 6.85. The van der Waals surface area contributed by atoms with Gasteiger partial charge in [0.25, 0.3) is 0 Å². The van der Waals surface area contributed by atoms with E-state index in [9.17, 15) is 0 Å². The van der Waals surface area contributed by atoms with Gasteiger partial charge in [0.1, 0.15) is 0 Å². The van der Waals surface area contributed by atoms with E-state index in [1.54, 1.807) is 0 Å². The number of nitrogens with two attached hydrogens (primary N) is 1. The third-order valence-corrected chi connectivity index (χ3v) is 1.91. The Kier molecular flexibility index (Phi) is 4.78. The van der Waals surface area contributed by atoms with Crippen LogP contribution in [-0.4, -0.2) is 6.04 Å². The molecule has 0 aromatic carbocycles. The van der Waals surface area contributed by atoms with Gasteiger partial charge in [-0.2, -0.15) is 0 Å². The normalized spacial score (nSPS) is 17.3. The molecule has 0 radical (unpaired) electrons. The Morgan fingerprint density at radius 2 is 1.89 bits per heavy atom. The maximum atomic E-state index is 5.68. The van der Waals surface area contributed by atoms with Gasteiger partial charge < -0.3 is 5.73 Å². The van der Waals surface area contributed by atoms with Gasteiger partial charge >= 0.3 is 0 Å². The van der Waals surface area contributed by atoms with E-state index in [4.69, 9.17) is 5.73 Å². The summed E-state index contributed by atoms with van der Waals surface area (Å²) >= 11 is 0. The first-order valence-electron chi connectivity index (χ1n) is 3.94. The van der Waals surface area contributed by atoms with Gasteiger partial charge in [0, 0.05) is 6.04 Å². The molecule has 0 aliphatic rings. The third-order valence-electron chi connectivity index (χ3n) is 1.91. The molecule has 2 atom stereocenters. The van der Waals surface area contributed by atoms with Crippen LogP contribution in [0.2, 0.25) is 0 Å². The largest absolute Gasteiger partial charge is 0.328 e. The van der Waals surface area contributed by atoms with Crippen LogP contribution in [0.3, 0.4) is 0 Å². The molecule has 0 aliphatic heterocycles. The number of unbranched alkanes of at least 4 members (excludes halogenated alkanes) is 1. The Morgan fingerprint density at radius 1 is 1.33 bits per heavy atom. The predicted octanol–water partition coefficient (Wildman–Crippen LogP) is 2.16. The molecule has 56 valence electrons. The third kappa shape index (κ3) is 4.46. The first-order chi connectivity index (χ1) is 4.18. The molecule has 0 bridgehead atoms. The highest BCUT2D eigenvalue weighted by atomic mass is 14.6. The summed E-state index contributed by atoms with van der Waals surface area (Å²) in [6.07, 6.45) is 3.90. The van der Waals surface area contributed by atoms with E-state index in [2.05, 4.69) is 20.8 Å². The molecular weight excluding hydrogens is 110 g/mol. The van der Waals surface area contributed by atoms with Gasteiger partial charge in [-0.05, 0) is 19.3 Å². The van der Waals surface area contributed by atoms with E-state index in [0.29, 0.717) is 12.0 Å². The summed E-state index contributed by atoms with van der Waals surface area (Å²) in [5, 5.41) is 0. The van der Waals surface area contributed by atoms with Crippen molar-refractivity contribution in [2.75, 3.05) is 0 Å². The van der Waals surface area contributed by atoms with Crippen LogP contribution in [0.15, 0.2) is 0 Å². The maximum absolute atomic E-state index is 5.68. The average Bonchev–Trinajstić information content (AvgIpc) is 1.82. The Labute approximate surface area is 58.6 Å². The number of rotatable bonds is 4.